The molecule has 0 saturated carbocycles. The number of aryl methyl sites for hydroxylation is 1. The largest absolute Gasteiger partial charge is 0.350 e. The van der Waals surface area contributed by atoms with E-state index in [2.05, 4.69) is 39.7 Å². The third-order valence-corrected chi connectivity index (χ3v) is 3.64. The highest BCUT2D eigenvalue weighted by Gasteiger charge is 2.07. The zero-order valence-corrected chi connectivity index (χ0v) is 13.4. The van der Waals surface area contributed by atoms with Crippen LogP contribution in [0.3, 0.4) is 0 Å². The van der Waals surface area contributed by atoms with Gasteiger partial charge in [0.1, 0.15) is 0 Å². The van der Waals surface area contributed by atoms with Crippen LogP contribution >= 0.6 is 0 Å². The van der Waals surface area contributed by atoms with Gasteiger partial charge < -0.3 is 10.6 Å². The number of rotatable bonds is 5. The summed E-state index contributed by atoms with van der Waals surface area (Å²) in [6, 6.07) is 17.4. The van der Waals surface area contributed by atoms with E-state index < -0.39 is 0 Å². The molecule has 0 fully saturated rings. The highest BCUT2D eigenvalue weighted by molar-refractivity contribution is 6.03. The Morgan fingerprint density at radius 3 is 2.33 bits per heavy atom. The fraction of sp³-hybridized carbons (Fsp3) is 0.105. The van der Waals surface area contributed by atoms with Crippen molar-refractivity contribution in [3.63, 3.8) is 0 Å². The van der Waals surface area contributed by atoms with Gasteiger partial charge in [0, 0.05) is 24.6 Å². The number of amides is 1. The molecule has 5 heteroatoms. The summed E-state index contributed by atoms with van der Waals surface area (Å²) in [4.78, 5) is 20.5. The molecule has 2 aromatic carbocycles. The summed E-state index contributed by atoms with van der Waals surface area (Å²) in [5.74, 6) is 0.265. The van der Waals surface area contributed by atoms with E-state index in [0.29, 0.717) is 18.1 Å². The lowest BCUT2D eigenvalue weighted by Crippen LogP contribution is -2.13. The predicted octanol–water partition coefficient (Wildman–Crippen LogP) is 3.65. The lowest BCUT2D eigenvalue weighted by molar-refractivity contribution is 0.102. The Balaban J connectivity index is 1.61. The van der Waals surface area contributed by atoms with Crippen molar-refractivity contribution in [2.24, 2.45) is 0 Å². The average molecular weight is 318 g/mol. The molecule has 5 nitrogen and oxygen atoms in total. The smallest absolute Gasteiger partial charge is 0.258 e. The van der Waals surface area contributed by atoms with E-state index in [1.807, 2.05) is 42.5 Å². The Morgan fingerprint density at radius 1 is 0.958 bits per heavy atom. The number of anilines is 2. The van der Waals surface area contributed by atoms with Crippen LogP contribution in [0.1, 0.15) is 21.5 Å². The van der Waals surface area contributed by atoms with Gasteiger partial charge in [-0.2, -0.15) is 0 Å². The molecule has 3 aromatic rings. The van der Waals surface area contributed by atoms with Gasteiger partial charge in [-0.3, -0.25) is 4.79 Å². The van der Waals surface area contributed by atoms with E-state index >= 15 is 0 Å². The van der Waals surface area contributed by atoms with E-state index in [-0.39, 0.29) is 5.91 Å². The molecule has 0 spiro atoms. The van der Waals surface area contributed by atoms with Gasteiger partial charge in [0.05, 0.1) is 5.56 Å². The minimum atomic E-state index is -0.230. The Kier molecular flexibility index (Phi) is 4.81. The van der Waals surface area contributed by atoms with Crippen LogP contribution < -0.4 is 10.6 Å². The summed E-state index contributed by atoms with van der Waals surface area (Å²) in [7, 11) is 0. The standard InChI is InChI=1S/C19H18N4O/c1-14-7-5-6-8-15(14)11-20-19-21-12-16(13-22-19)18(24)23-17-9-3-2-4-10-17/h2-10,12-13H,11H2,1H3,(H,23,24)(H,20,21,22). The second-order valence-corrected chi connectivity index (χ2v) is 5.40. The summed E-state index contributed by atoms with van der Waals surface area (Å²) in [5.41, 5.74) is 3.56. The van der Waals surface area contributed by atoms with Crippen LogP contribution in [-0.4, -0.2) is 15.9 Å². The Bertz CT molecular complexity index is 816. The third-order valence-electron chi connectivity index (χ3n) is 3.64. The molecule has 0 radical (unpaired) electrons. The molecule has 0 aliphatic rings. The number of hydrogen-bond donors (Lipinski definition) is 2. The molecule has 2 N–H and O–H groups in total. The van der Waals surface area contributed by atoms with Gasteiger partial charge in [-0.1, -0.05) is 42.5 Å². The van der Waals surface area contributed by atoms with Gasteiger partial charge in [-0.05, 0) is 30.2 Å². The SMILES string of the molecule is Cc1ccccc1CNc1ncc(C(=O)Nc2ccccc2)cn1. The molecule has 1 aromatic heterocycles. The van der Waals surface area contributed by atoms with Crippen molar-refractivity contribution in [3.05, 3.63) is 83.7 Å². The molecular formula is C19H18N4O. The second-order valence-electron chi connectivity index (χ2n) is 5.40. The molecule has 0 saturated heterocycles. The predicted molar refractivity (Wildman–Crippen MR) is 94.9 cm³/mol. The van der Waals surface area contributed by atoms with Gasteiger partial charge >= 0.3 is 0 Å². The van der Waals surface area contributed by atoms with E-state index in [1.54, 1.807) is 0 Å². The Hall–Kier alpha value is -3.21. The Morgan fingerprint density at radius 2 is 1.62 bits per heavy atom. The van der Waals surface area contributed by atoms with E-state index in [1.165, 1.54) is 23.5 Å². The molecule has 0 bridgehead atoms. The minimum Gasteiger partial charge on any atom is -0.350 e. The summed E-state index contributed by atoms with van der Waals surface area (Å²) in [6.45, 7) is 2.71. The second kappa shape index (κ2) is 7.37. The Labute approximate surface area is 140 Å². The zero-order chi connectivity index (χ0) is 16.8. The molecule has 1 heterocycles. The number of benzene rings is 2. The van der Waals surface area contributed by atoms with Gasteiger partial charge in [0.25, 0.3) is 5.91 Å². The average Bonchev–Trinajstić information content (AvgIpc) is 2.62. The fourth-order valence-electron chi connectivity index (χ4n) is 2.24. The van der Waals surface area contributed by atoms with Crippen LogP contribution in [0.5, 0.6) is 0 Å². The van der Waals surface area contributed by atoms with Gasteiger partial charge in [-0.25, -0.2) is 9.97 Å². The van der Waals surface area contributed by atoms with Crippen LogP contribution in [-0.2, 0) is 6.54 Å². The van der Waals surface area contributed by atoms with Crippen molar-refractivity contribution >= 4 is 17.5 Å². The molecule has 0 aliphatic heterocycles. The molecule has 0 unspecified atom stereocenters. The zero-order valence-electron chi connectivity index (χ0n) is 13.4. The summed E-state index contributed by atoms with van der Waals surface area (Å²) in [5, 5.41) is 5.97. The van der Waals surface area contributed by atoms with Crippen molar-refractivity contribution < 1.29 is 4.79 Å². The third kappa shape index (κ3) is 3.95. The molecule has 0 atom stereocenters. The van der Waals surface area contributed by atoms with E-state index in [4.69, 9.17) is 0 Å². The maximum atomic E-state index is 12.1. The first-order chi connectivity index (χ1) is 11.7. The number of aromatic nitrogens is 2. The highest BCUT2D eigenvalue weighted by atomic mass is 16.1. The summed E-state index contributed by atoms with van der Waals surface area (Å²) < 4.78 is 0. The highest BCUT2D eigenvalue weighted by Crippen LogP contribution is 2.10. The summed E-state index contributed by atoms with van der Waals surface area (Å²) >= 11 is 0. The normalized spacial score (nSPS) is 10.2. The monoisotopic (exact) mass is 318 g/mol. The van der Waals surface area contributed by atoms with Crippen molar-refractivity contribution in [2.45, 2.75) is 13.5 Å². The van der Waals surface area contributed by atoms with Gasteiger partial charge in [0.15, 0.2) is 0 Å². The molecule has 3 rings (SSSR count). The summed E-state index contributed by atoms with van der Waals surface area (Å²) in [6.07, 6.45) is 3.04. The van der Waals surface area contributed by atoms with Crippen molar-refractivity contribution in [2.75, 3.05) is 10.6 Å². The van der Waals surface area contributed by atoms with E-state index in [9.17, 15) is 4.79 Å². The lowest BCUT2D eigenvalue weighted by atomic mass is 10.1. The quantitative estimate of drug-likeness (QED) is 0.753. The van der Waals surface area contributed by atoms with Crippen molar-refractivity contribution in [1.82, 2.24) is 9.97 Å². The van der Waals surface area contributed by atoms with Crippen LogP contribution in [0.2, 0.25) is 0 Å². The van der Waals surface area contributed by atoms with Crippen LogP contribution in [0.25, 0.3) is 0 Å². The number of carbonyl (C=O) groups is 1. The number of carbonyl (C=O) groups excluding carboxylic acids is 1. The number of nitrogens with zero attached hydrogens (tertiary/aromatic N) is 2. The molecule has 24 heavy (non-hydrogen) atoms. The lowest BCUT2D eigenvalue weighted by Gasteiger charge is -2.08. The van der Waals surface area contributed by atoms with Crippen LogP contribution in [0, 0.1) is 6.92 Å². The molecule has 0 aliphatic carbocycles. The van der Waals surface area contributed by atoms with Crippen molar-refractivity contribution in [3.8, 4) is 0 Å². The first-order valence-corrected chi connectivity index (χ1v) is 7.69. The first kappa shape index (κ1) is 15.7. The van der Waals surface area contributed by atoms with Gasteiger partial charge in [-0.15, -0.1) is 0 Å². The van der Waals surface area contributed by atoms with Crippen LogP contribution in [0.15, 0.2) is 67.0 Å². The van der Waals surface area contributed by atoms with Gasteiger partial charge in [0.2, 0.25) is 5.95 Å². The molecule has 120 valence electrons. The first-order valence-electron chi connectivity index (χ1n) is 7.69. The molecular weight excluding hydrogens is 300 g/mol. The topological polar surface area (TPSA) is 66.9 Å². The van der Waals surface area contributed by atoms with Crippen LogP contribution in [0.4, 0.5) is 11.6 Å². The minimum absolute atomic E-state index is 0.230. The fourth-order valence-corrected chi connectivity index (χ4v) is 2.24. The van der Waals surface area contributed by atoms with Crippen molar-refractivity contribution in [1.29, 1.82) is 0 Å². The maximum absolute atomic E-state index is 12.1. The van der Waals surface area contributed by atoms with E-state index in [0.717, 1.165) is 5.69 Å². The molecule has 1 amide bonds. The maximum Gasteiger partial charge on any atom is 0.258 e. The number of hydrogen-bond acceptors (Lipinski definition) is 4. The number of nitrogens with one attached hydrogen (secondary N) is 2. The number of para-hydroxylation sites is 1.